The van der Waals surface area contributed by atoms with Crippen LogP contribution in [0.15, 0.2) is 78.6 Å². The molecule has 250 valence electrons. The van der Waals surface area contributed by atoms with E-state index >= 15 is 0 Å². The van der Waals surface area contributed by atoms with Crippen molar-refractivity contribution < 1.29 is 13.6 Å². The molecule has 0 aliphatic heterocycles. The second kappa shape index (κ2) is 16.1. The summed E-state index contributed by atoms with van der Waals surface area (Å²) in [6.07, 6.45) is 10.7. The summed E-state index contributed by atoms with van der Waals surface area (Å²) in [5, 5.41) is 0.146. The fourth-order valence-electron chi connectivity index (χ4n) is 6.36. The molecule has 5 heteroatoms. The molecule has 0 spiro atoms. The summed E-state index contributed by atoms with van der Waals surface area (Å²) in [5.74, 6) is 2.34. The summed E-state index contributed by atoms with van der Waals surface area (Å²) in [7, 11) is -4.23. The molecule has 1 fully saturated rings. The van der Waals surface area contributed by atoms with Gasteiger partial charge in [-0.1, -0.05) is 117 Å². The molecule has 0 bridgehead atoms. The van der Waals surface area contributed by atoms with Crippen LogP contribution in [0, 0.1) is 11.3 Å². The normalized spacial score (nSPS) is 19.4. The highest BCUT2D eigenvalue weighted by molar-refractivity contribution is 6.74. The predicted octanol–water partition coefficient (Wildman–Crippen LogP) is 12.2. The predicted molar refractivity (Wildman–Crippen MR) is 199 cm³/mol. The van der Waals surface area contributed by atoms with Crippen molar-refractivity contribution in [1.82, 2.24) is 0 Å². The van der Waals surface area contributed by atoms with E-state index in [1.807, 2.05) is 6.07 Å². The maximum absolute atomic E-state index is 7.47. The summed E-state index contributed by atoms with van der Waals surface area (Å²) in [6.45, 7) is 28.7. The number of benzene rings is 2. The molecule has 3 nitrogen and oxygen atoms in total. The van der Waals surface area contributed by atoms with Gasteiger partial charge in [0.25, 0.3) is 0 Å². The van der Waals surface area contributed by atoms with E-state index in [1.54, 1.807) is 0 Å². The Hall–Kier alpha value is -2.09. The first-order valence-electron chi connectivity index (χ1n) is 17.5. The third-order valence-corrected chi connectivity index (χ3v) is 17.7. The molecule has 0 saturated heterocycles. The molecule has 45 heavy (non-hydrogen) atoms. The Balaban J connectivity index is 1.83. The monoisotopic (exact) mass is 648 g/mol. The van der Waals surface area contributed by atoms with Gasteiger partial charge in [-0.2, -0.15) is 0 Å². The van der Waals surface area contributed by atoms with Gasteiger partial charge in [0, 0.05) is 5.92 Å². The Morgan fingerprint density at radius 2 is 1.56 bits per heavy atom. The molecule has 1 saturated carbocycles. The average molecular weight is 649 g/mol. The van der Waals surface area contributed by atoms with E-state index in [-0.39, 0.29) is 22.5 Å². The smallest absolute Gasteiger partial charge is 0.250 e. The fourth-order valence-corrected chi connectivity index (χ4v) is 12.1. The maximum Gasteiger partial charge on any atom is 0.250 e. The minimum absolute atomic E-state index is 0.0177. The molecule has 0 aromatic heterocycles. The van der Waals surface area contributed by atoms with Gasteiger partial charge in [-0.15, -0.1) is 0 Å². The van der Waals surface area contributed by atoms with Gasteiger partial charge < -0.3 is 13.6 Å². The summed E-state index contributed by atoms with van der Waals surface area (Å²) in [6, 6.07) is 21.1. The Morgan fingerprint density at radius 1 is 0.889 bits per heavy atom. The van der Waals surface area contributed by atoms with E-state index in [2.05, 4.69) is 129 Å². The number of unbranched alkanes of at least 4 members (excludes halogenated alkanes) is 4. The molecule has 1 aliphatic rings. The van der Waals surface area contributed by atoms with Crippen LogP contribution in [-0.4, -0.2) is 22.7 Å². The van der Waals surface area contributed by atoms with Gasteiger partial charge in [0.2, 0.25) is 8.32 Å². The lowest BCUT2D eigenvalue weighted by Crippen LogP contribution is -2.47. The van der Waals surface area contributed by atoms with Crippen LogP contribution in [0.1, 0.15) is 105 Å². The van der Waals surface area contributed by atoms with Crippen molar-refractivity contribution in [1.29, 1.82) is 0 Å². The van der Waals surface area contributed by atoms with Crippen LogP contribution in [0.4, 0.5) is 0 Å². The van der Waals surface area contributed by atoms with Gasteiger partial charge in [-0.3, -0.25) is 0 Å². The second-order valence-corrected chi connectivity index (χ2v) is 25.0. The Morgan fingerprint density at radius 3 is 2.16 bits per heavy atom. The van der Waals surface area contributed by atoms with E-state index in [4.69, 9.17) is 13.6 Å². The van der Waals surface area contributed by atoms with Crippen molar-refractivity contribution in [2.45, 2.75) is 143 Å². The first-order chi connectivity index (χ1) is 21.0. The summed E-state index contributed by atoms with van der Waals surface area (Å²) >= 11 is 0. The molecular formula is C40H64O3Si2. The van der Waals surface area contributed by atoms with Crippen molar-refractivity contribution >= 4 is 16.6 Å². The molecule has 0 N–H and O–H groups in total. The fraction of sp³-hybridized carbons (Fsp3) is 0.600. The number of rotatable bonds is 16. The molecule has 0 heterocycles. The van der Waals surface area contributed by atoms with Gasteiger partial charge in [-0.05, 0) is 103 Å². The van der Waals surface area contributed by atoms with Crippen molar-refractivity contribution in [3.63, 3.8) is 0 Å². The Bertz CT molecular complexity index is 1220. The lowest BCUT2D eigenvalue weighted by molar-refractivity contribution is 0.159. The van der Waals surface area contributed by atoms with Crippen LogP contribution < -0.4 is 4.74 Å². The molecule has 3 unspecified atom stereocenters. The molecular weight excluding hydrogens is 585 g/mol. The van der Waals surface area contributed by atoms with Crippen molar-refractivity contribution in [3.8, 4) is 5.75 Å². The zero-order valence-electron chi connectivity index (χ0n) is 30.4. The molecule has 3 rings (SSSR count). The highest BCUT2D eigenvalue weighted by Gasteiger charge is 2.45. The minimum Gasteiger partial charge on any atom is -0.546 e. The summed E-state index contributed by atoms with van der Waals surface area (Å²) < 4.78 is 20.7. The van der Waals surface area contributed by atoms with Gasteiger partial charge in [0.1, 0.15) is 12.4 Å². The average Bonchev–Trinajstić information content (AvgIpc) is 3.29. The zero-order chi connectivity index (χ0) is 33.3. The maximum atomic E-state index is 7.47. The van der Waals surface area contributed by atoms with Gasteiger partial charge in [0.15, 0.2) is 8.32 Å². The zero-order valence-corrected chi connectivity index (χ0v) is 32.4. The number of allylic oxidation sites excluding steroid dienone is 1. The van der Waals surface area contributed by atoms with Gasteiger partial charge in [-0.25, -0.2) is 0 Å². The molecule has 1 aliphatic carbocycles. The SMILES string of the molecule is C=C1CCC(/C(=C/CCCCCC)O[Si](C)(C)C(C)(C)C)C1O[Si](C)(Cc1ccc(OCc2ccccc2)cc1)CC(C)(C)C. The van der Waals surface area contributed by atoms with Crippen LogP contribution in [0.5, 0.6) is 5.75 Å². The summed E-state index contributed by atoms with van der Waals surface area (Å²) in [5.41, 5.74) is 3.92. The van der Waals surface area contributed by atoms with Gasteiger partial charge in [0.05, 0.1) is 11.9 Å². The molecule has 2 aromatic carbocycles. The molecule has 0 amide bonds. The summed E-state index contributed by atoms with van der Waals surface area (Å²) in [4.78, 5) is 0. The number of hydrogen-bond acceptors (Lipinski definition) is 3. The standard InChI is InChI=1S/C40H64O3Si2/c1-12-13-14-15-19-22-37(42-44(9,10)40(6,7)8)36-28-23-32(2)38(36)43-45(11,31-39(3,4)5)30-34-24-26-35(27-25-34)41-29-33-20-17-16-18-21-33/h16-18,20-22,24-27,36,38H,2,12-15,19,23,28-31H2,1,3-11H3/b37-22-. The van der Waals surface area contributed by atoms with Crippen molar-refractivity contribution in [3.05, 3.63) is 89.7 Å². The number of ether oxygens (including phenoxy) is 1. The van der Waals surface area contributed by atoms with Crippen LogP contribution in [0.3, 0.4) is 0 Å². The van der Waals surface area contributed by atoms with E-state index in [0.717, 1.165) is 37.1 Å². The highest BCUT2D eigenvalue weighted by Crippen LogP contribution is 2.45. The quantitative estimate of drug-likeness (QED) is 0.0784. The van der Waals surface area contributed by atoms with Crippen LogP contribution in [-0.2, 0) is 21.5 Å². The Labute approximate surface area is 279 Å². The third-order valence-electron chi connectivity index (χ3n) is 9.56. The van der Waals surface area contributed by atoms with Crippen molar-refractivity contribution in [2.24, 2.45) is 11.3 Å². The first kappa shape index (κ1) is 37.4. The van der Waals surface area contributed by atoms with E-state index in [9.17, 15) is 0 Å². The lowest BCUT2D eigenvalue weighted by Gasteiger charge is -2.41. The third kappa shape index (κ3) is 11.9. The van der Waals surface area contributed by atoms with Crippen LogP contribution in [0.25, 0.3) is 0 Å². The molecule has 0 radical (unpaired) electrons. The molecule has 2 aromatic rings. The van der Waals surface area contributed by atoms with Crippen molar-refractivity contribution in [2.75, 3.05) is 0 Å². The van der Waals surface area contributed by atoms with E-state index < -0.39 is 16.6 Å². The largest absolute Gasteiger partial charge is 0.546 e. The van der Waals surface area contributed by atoms with E-state index in [1.165, 1.54) is 48.1 Å². The minimum atomic E-state index is -2.23. The second-order valence-electron chi connectivity index (χ2n) is 16.4. The van der Waals surface area contributed by atoms with Gasteiger partial charge >= 0.3 is 0 Å². The van der Waals surface area contributed by atoms with Crippen LogP contribution >= 0.6 is 0 Å². The Kier molecular flexibility index (Phi) is 13.4. The highest BCUT2D eigenvalue weighted by atomic mass is 28.4. The van der Waals surface area contributed by atoms with Crippen LogP contribution in [0.2, 0.25) is 30.7 Å². The molecule has 3 atom stereocenters. The topological polar surface area (TPSA) is 27.7 Å². The number of hydrogen-bond donors (Lipinski definition) is 0. The lowest BCUT2D eigenvalue weighted by atomic mass is 10.0. The first-order valence-corrected chi connectivity index (χ1v) is 23.3. The van der Waals surface area contributed by atoms with E-state index in [0.29, 0.717) is 6.61 Å².